The fourth-order valence-corrected chi connectivity index (χ4v) is 1.47. The molecule has 0 heterocycles. The highest BCUT2D eigenvalue weighted by molar-refractivity contribution is 5.70. The molecule has 0 saturated heterocycles. The smallest absolute Gasteiger partial charge is 0.306 e. The zero-order valence-electron chi connectivity index (χ0n) is 9.99. The van der Waals surface area contributed by atoms with Crippen LogP contribution >= 0.6 is 0 Å². The quantitative estimate of drug-likeness (QED) is 0.859. The highest BCUT2D eigenvalue weighted by Gasteiger charge is 2.17. The van der Waals surface area contributed by atoms with E-state index in [0.717, 1.165) is 0 Å². The van der Waals surface area contributed by atoms with E-state index in [1.807, 2.05) is 0 Å². The molecule has 5 heteroatoms. The van der Waals surface area contributed by atoms with Gasteiger partial charge in [0.25, 0.3) is 0 Å². The molecule has 0 fully saturated rings. The van der Waals surface area contributed by atoms with Crippen molar-refractivity contribution in [2.45, 2.75) is 13.3 Å². The standard InChI is InChI=1S/C12H15FO4/c1-7(12(14)15)4-8-5-10(16-2)11(17-3)6-9(8)13/h5-7H,4H2,1-3H3,(H,14,15). The number of methoxy groups -OCH3 is 2. The first kappa shape index (κ1) is 13.3. The number of carboxylic acid groups (broad SMARTS) is 1. The maximum atomic E-state index is 13.6. The van der Waals surface area contributed by atoms with Crippen molar-refractivity contribution < 1.29 is 23.8 Å². The van der Waals surface area contributed by atoms with Crippen molar-refractivity contribution in [2.75, 3.05) is 14.2 Å². The molecule has 0 saturated carbocycles. The summed E-state index contributed by atoms with van der Waals surface area (Å²) in [6.07, 6.45) is 0.113. The Hall–Kier alpha value is -1.78. The summed E-state index contributed by atoms with van der Waals surface area (Å²) in [4.78, 5) is 10.7. The molecule has 1 aromatic carbocycles. The van der Waals surface area contributed by atoms with Gasteiger partial charge < -0.3 is 14.6 Å². The highest BCUT2D eigenvalue weighted by Crippen LogP contribution is 2.30. The second-order valence-corrected chi connectivity index (χ2v) is 3.74. The number of hydrogen-bond donors (Lipinski definition) is 1. The van der Waals surface area contributed by atoms with E-state index in [9.17, 15) is 9.18 Å². The van der Waals surface area contributed by atoms with Crippen LogP contribution < -0.4 is 9.47 Å². The minimum atomic E-state index is -0.959. The summed E-state index contributed by atoms with van der Waals surface area (Å²) in [6, 6.07) is 2.66. The fourth-order valence-electron chi connectivity index (χ4n) is 1.47. The first-order valence-electron chi connectivity index (χ1n) is 5.12. The van der Waals surface area contributed by atoms with Crippen molar-refractivity contribution in [1.82, 2.24) is 0 Å². The van der Waals surface area contributed by atoms with Gasteiger partial charge in [0.1, 0.15) is 5.82 Å². The molecular weight excluding hydrogens is 227 g/mol. The Kier molecular flexibility index (Phi) is 4.31. The maximum absolute atomic E-state index is 13.6. The zero-order chi connectivity index (χ0) is 13.0. The lowest BCUT2D eigenvalue weighted by atomic mass is 10.0. The first-order valence-corrected chi connectivity index (χ1v) is 5.12. The molecule has 0 amide bonds. The van der Waals surface area contributed by atoms with Gasteiger partial charge in [0.15, 0.2) is 11.5 Å². The van der Waals surface area contributed by atoms with Crippen molar-refractivity contribution in [3.63, 3.8) is 0 Å². The van der Waals surface area contributed by atoms with Gasteiger partial charge in [0, 0.05) is 6.07 Å². The third-order valence-electron chi connectivity index (χ3n) is 2.50. The van der Waals surface area contributed by atoms with E-state index in [1.165, 1.54) is 33.3 Å². The summed E-state index contributed by atoms with van der Waals surface area (Å²) in [5, 5.41) is 8.78. The molecule has 1 rings (SSSR count). The molecule has 94 valence electrons. The van der Waals surface area contributed by atoms with Crippen LogP contribution in [0.15, 0.2) is 12.1 Å². The molecule has 0 spiro atoms. The number of hydrogen-bond acceptors (Lipinski definition) is 3. The molecule has 0 aliphatic rings. The minimum absolute atomic E-state index is 0.113. The van der Waals surface area contributed by atoms with Crippen LogP contribution in [0.4, 0.5) is 4.39 Å². The van der Waals surface area contributed by atoms with E-state index >= 15 is 0 Å². The summed E-state index contributed by atoms with van der Waals surface area (Å²) < 4.78 is 23.6. The van der Waals surface area contributed by atoms with Crippen molar-refractivity contribution in [3.05, 3.63) is 23.5 Å². The SMILES string of the molecule is COc1cc(F)c(CC(C)C(=O)O)cc1OC. The average molecular weight is 242 g/mol. The van der Waals surface area contributed by atoms with Gasteiger partial charge in [-0.3, -0.25) is 4.79 Å². The minimum Gasteiger partial charge on any atom is -0.493 e. The van der Waals surface area contributed by atoms with Gasteiger partial charge in [-0.25, -0.2) is 4.39 Å². The van der Waals surface area contributed by atoms with E-state index in [-0.39, 0.29) is 12.2 Å². The number of halogens is 1. The Balaban J connectivity index is 3.04. The number of aliphatic carboxylic acids is 1. The van der Waals surface area contributed by atoms with Crippen LogP contribution in [-0.2, 0) is 11.2 Å². The summed E-state index contributed by atoms with van der Waals surface area (Å²) in [6.45, 7) is 1.53. The monoisotopic (exact) mass is 242 g/mol. The van der Waals surface area contributed by atoms with Crippen LogP contribution in [-0.4, -0.2) is 25.3 Å². The van der Waals surface area contributed by atoms with Gasteiger partial charge in [-0.15, -0.1) is 0 Å². The second-order valence-electron chi connectivity index (χ2n) is 3.74. The van der Waals surface area contributed by atoms with Crippen LogP contribution in [0.1, 0.15) is 12.5 Å². The summed E-state index contributed by atoms with van der Waals surface area (Å²) >= 11 is 0. The molecule has 1 atom stereocenters. The van der Waals surface area contributed by atoms with E-state index in [2.05, 4.69) is 0 Å². The Morgan fingerprint density at radius 1 is 1.35 bits per heavy atom. The number of carboxylic acids is 1. The molecule has 1 unspecified atom stereocenters. The Labute approximate surface area is 99.0 Å². The van der Waals surface area contributed by atoms with Gasteiger partial charge >= 0.3 is 5.97 Å². The topological polar surface area (TPSA) is 55.8 Å². The molecule has 0 aliphatic carbocycles. The molecule has 1 aromatic rings. The van der Waals surface area contributed by atoms with Crippen molar-refractivity contribution >= 4 is 5.97 Å². The van der Waals surface area contributed by atoms with Gasteiger partial charge in [-0.2, -0.15) is 0 Å². The van der Waals surface area contributed by atoms with Gasteiger partial charge in [0.2, 0.25) is 0 Å². The van der Waals surface area contributed by atoms with E-state index in [0.29, 0.717) is 11.3 Å². The number of ether oxygens (including phenoxy) is 2. The van der Waals surface area contributed by atoms with Crippen molar-refractivity contribution in [3.8, 4) is 11.5 Å². The Morgan fingerprint density at radius 2 is 1.88 bits per heavy atom. The second kappa shape index (κ2) is 5.52. The predicted molar refractivity (Wildman–Crippen MR) is 60.0 cm³/mol. The van der Waals surface area contributed by atoms with Crippen LogP contribution in [0, 0.1) is 11.7 Å². The number of benzene rings is 1. The van der Waals surface area contributed by atoms with Crippen LogP contribution in [0.25, 0.3) is 0 Å². The summed E-state index contributed by atoms with van der Waals surface area (Å²) in [5.41, 5.74) is 0.303. The van der Waals surface area contributed by atoms with Crippen LogP contribution in [0.3, 0.4) is 0 Å². The van der Waals surface area contributed by atoms with E-state index in [4.69, 9.17) is 14.6 Å². The molecule has 1 N–H and O–H groups in total. The number of rotatable bonds is 5. The molecule has 17 heavy (non-hydrogen) atoms. The number of carbonyl (C=O) groups is 1. The largest absolute Gasteiger partial charge is 0.493 e. The molecule has 4 nitrogen and oxygen atoms in total. The lowest BCUT2D eigenvalue weighted by Gasteiger charge is -2.12. The predicted octanol–water partition coefficient (Wildman–Crippen LogP) is 2.11. The lowest BCUT2D eigenvalue weighted by Crippen LogP contribution is -2.13. The Morgan fingerprint density at radius 3 is 2.35 bits per heavy atom. The van der Waals surface area contributed by atoms with Crippen LogP contribution in [0.5, 0.6) is 11.5 Å². The first-order chi connectivity index (χ1) is 7.99. The van der Waals surface area contributed by atoms with Crippen molar-refractivity contribution in [1.29, 1.82) is 0 Å². The van der Waals surface area contributed by atoms with Gasteiger partial charge in [-0.05, 0) is 18.1 Å². The Bertz CT molecular complexity index is 417. The van der Waals surface area contributed by atoms with E-state index < -0.39 is 17.7 Å². The molecular formula is C12H15FO4. The fraction of sp³-hybridized carbons (Fsp3) is 0.417. The average Bonchev–Trinajstić information content (AvgIpc) is 2.30. The van der Waals surface area contributed by atoms with Crippen molar-refractivity contribution in [2.24, 2.45) is 5.92 Å². The van der Waals surface area contributed by atoms with Crippen LogP contribution in [0.2, 0.25) is 0 Å². The normalized spacial score (nSPS) is 12.0. The van der Waals surface area contributed by atoms with Gasteiger partial charge in [0.05, 0.1) is 20.1 Å². The zero-order valence-corrected chi connectivity index (χ0v) is 9.99. The lowest BCUT2D eigenvalue weighted by molar-refractivity contribution is -0.141. The van der Waals surface area contributed by atoms with E-state index in [1.54, 1.807) is 0 Å². The summed E-state index contributed by atoms with van der Waals surface area (Å²) in [5.74, 6) is -1.42. The molecule has 0 bridgehead atoms. The third kappa shape index (κ3) is 3.09. The van der Waals surface area contributed by atoms with Gasteiger partial charge in [-0.1, -0.05) is 6.92 Å². The molecule has 0 aromatic heterocycles. The molecule has 0 radical (unpaired) electrons. The molecule has 0 aliphatic heterocycles. The maximum Gasteiger partial charge on any atom is 0.306 e. The summed E-state index contributed by atoms with van der Waals surface area (Å²) in [7, 11) is 2.86. The highest BCUT2D eigenvalue weighted by atomic mass is 19.1. The third-order valence-corrected chi connectivity index (χ3v) is 2.50.